The number of halogens is 1. The fourth-order valence-corrected chi connectivity index (χ4v) is 5.29. The molecule has 3 N–H and O–H groups in total. The fraction of sp³-hybridized carbons (Fsp3) is 0.448. The van der Waals surface area contributed by atoms with E-state index < -0.39 is 22.7 Å². The second-order valence-electron chi connectivity index (χ2n) is 10.9. The molecule has 2 heterocycles. The van der Waals surface area contributed by atoms with Crippen LogP contribution in [0.4, 0.5) is 11.8 Å². The number of aliphatic hydroxyl groups is 2. The molecule has 14 heteroatoms. The van der Waals surface area contributed by atoms with Crippen molar-refractivity contribution in [3.63, 3.8) is 0 Å². The molecular formula is C29H37ClN4O8S. The highest BCUT2D eigenvalue weighted by atomic mass is 35.5. The zero-order chi connectivity index (χ0) is 31.2. The van der Waals surface area contributed by atoms with Gasteiger partial charge in [0.15, 0.2) is 11.6 Å². The number of methoxy groups -OCH3 is 1. The quantitative estimate of drug-likeness (QED) is 0.267. The molecule has 43 heavy (non-hydrogen) atoms. The van der Waals surface area contributed by atoms with Gasteiger partial charge in [-0.15, -0.1) is 0 Å². The Bertz CT molecular complexity index is 1490. The molecular weight excluding hydrogens is 600 g/mol. The van der Waals surface area contributed by atoms with Crippen molar-refractivity contribution in [3.8, 4) is 17.2 Å². The van der Waals surface area contributed by atoms with E-state index in [0.717, 1.165) is 5.56 Å². The van der Waals surface area contributed by atoms with E-state index in [1.165, 1.54) is 19.2 Å². The van der Waals surface area contributed by atoms with Crippen LogP contribution in [0.5, 0.6) is 17.2 Å². The van der Waals surface area contributed by atoms with E-state index in [9.17, 15) is 18.6 Å². The smallest absolute Gasteiger partial charge is 0.263 e. The number of hydrogen-bond acceptors (Lipinski definition) is 11. The van der Waals surface area contributed by atoms with Crippen molar-refractivity contribution in [2.24, 2.45) is 0 Å². The fourth-order valence-electron chi connectivity index (χ4n) is 4.13. The highest BCUT2D eigenvalue weighted by Crippen LogP contribution is 2.39. The Morgan fingerprint density at radius 2 is 1.81 bits per heavy atom. The van der Waals surface area contributed by atoms with Gasteiger partial charge in [0.05, 0.1) is 50.1 Å². The molecule has 2 aromatic carbocycles. The van der Waals surface area contributed by atoms with Crippen LogP contribution in [0, 0.1) is 0 Å². The maximum absolute atomic E-state index is 13.7. The molecule has 0 spiro atoms. The summed E-state index contributed by atoms with van der Waals surface area (Å²) in [7, 11) is -2.66. The van der Waals surface area contributed by atoms with Gasteiger partial charge in [-0.05, 0) is 35.2 Å². The molecule has 234 valence electrons. The largest absolute Gasteiger partial charge is 0.497 e. The first-order valence-electron chi connectivity index (χ1n) is 13.7. The minimum absolute atomic E-state index is 0.0289. The monoisotopic (exact) mass is 636 g/mol. The highest BCUT2D eigenvalue weighted by Gasteiger charge is 2.27. The lowest BCUT2D eigenvalue weighted by atomic mass is 9.87. The van der Waals surface area contributed by atoms with Crippen LogP contribution < -0.4 is 19.1 Å². The van der Waals surface area contributed by atoms with Crippen molar-refractivity contribution < 1.29 is 37.6 Å². The average Bonchev–Trinajstić information content (AvgIpc) is 2.99. The molecule has 1 aromatic heterocycles. The molecule has 4 rings (SSSR count). The molecule has 0 radical (unpaired) electrons. The van der Waals surface area contributed by atoms with Gasteiger partial charge in [-0.3, -0.25) is 4.72 Å². The van der Waals surface area contributed by atoms with Crippen molar-refractivity contribution in [1.82, 2.24) is 9.97 Å². The number of morpholine rings is 1. The van der Waals surface area contributed by atoms with Gasteiger partial charge < -0.3 is 34.1 Å². The Hall–Kier alpha value is -3.20. The Morgan fingerprint density at radius 3 is 2.44 bits per heavy atom. The van der Waals surface area contributed by atoms with E-state index in [4.69, 9.17) is 30.5 Å². The number of nitrogens with zero attached hydrogens (tertiary/aromatic N) is 3. The van der Waals surface area contributed by atoms with Gasteiger partial charge >= 0.3 is 0 Å². The van der Waals surface area contributed by atoms with Gasteiger partial charge in [-0.25, -0.2) is 13.4 Å². The lowest BCUT2D eigenvalue weighted by molar-refractivity contribution is -0.00121. The predicted molar refractivity (Wildman–Crippen MR) is 162 cm³/mol. The van der Waals surface area contributed by atoms with E-state index >= 15 is 0 Å². The molecule has 12 nitrogen and oxygen atoms in total. The molecule has 0 saturated carbocycles. The molecule has 3 aromatic rings. The van der Waals surface area contributed by atoms with E-state index in [1.807, 2.05) is 25.7 Å². The van der Waals surface area contributed by atoms with Crippen molar-refractivity contribution >= 4 is 33.4 Å². The van der Waals surface area contributed by atoms with Crippen LogP contribution in [-0.4, -0.2) is 81.3 Å². The van der Waals surface area contributed by atoms with Crippen LogP contribution in [0.25, 0.3) is 0 Å². The summed E-state index contributed by atoms with van der Waals surface area (Å²) >= 11 is 6.43. The predicted octanol–water partition coefficient (Wildman–Crippen LogP) is 3.74. The number of aromatic nitrogens is 2. The zero-order valence-electron chi connectivity index (χ0n) is 24.5. The lowest BCUT2D eigenvalue weighted by Crippen LogP contribution is -2.37. The van der Waals surface area contributed by atoms with Gasteiger partial charge in [0.25, 0.3) is 10.0 Å². The highest BCUT2D eigenvalue weighted by molar-refractivity contribution is 7.92. The van der Waals surface area contributed by atoms with Crippen molar-refractivity contribution in [2.75, 3.05) is 56.2 Å². The zero-order valence-corrected chi connectivity index (χ0v) is 26.1. The van der Waals surface area contributed by atoms with Crippen LogP contribution in [0.2, 0.25) is 5.02 Å². The van der Waals surface area contributed by atoms with E-state index in [-0.39, 0.29) is 57.5 Å². The lowest BCUT2D eigenvalue weighted by Gasteiger charge is -2.28. The standard InChI is InChI=1S/C29H37ClN4O8S/c1-29(2,3)19-5-8-22(9-6-19)43(37,38)33-27-26(42-25-15-21(39-4)7-10-23(25)30)24(18-41-17-20(36)16-35)31-28(32-27)34-11-13-40-14-12-34/h5-10,15,20,35-36H,11-14,16-18H2,1-4H3,(H,31,32,33). The third kappa shape index (κ3) is 8.46. The third-order valence-corrected chi connectivity index (χ3v) is 8.26. The summed E-state index contributed by atoms with van der Waals surface area (Å²) in [4.78, 5) is 11.1. The molecule has 1 aliphatic heterocycles. The summed E-state index contributed by atoms with van der Waals surface area (Å²) in [5, 5.41) is 19.3. The average molecular weight is 637 g/mol. The first kappa shape index (κ1) is 32.7. The number of benzene rings is 2. The Labute approximate surface area is 256 Å². The van der Waals surface area contributed by atoms with Gasteiger partial charge in [-0.1, -0.05) is 44.5 Å². The Kier molecular flexibility index (Phi) is 10.7. The number of anilines is 2. The number of sulfonamides is 1. The summed E-state index contributed by atoms with van der Waals surface area (Å²) in [5.74, 6) is 0.650. The summed E-state index contributed by atoms with van der Waals surface area (Å²) in [6, 6.07) is 11.4. The summed E-state index contributed by atoms with van der Waals surface area (Å²) in [6.45, 7) is 7.06. The van der Waals surface area contributed by atoms with Crippen LogP contribution in [0.15, 0.2) is 47.4 Å². The number of aliphatic hydroxyl groups excluding tert-OH is 2. The van der Waals surface area contributed by atoms with E-state index in [2.05, 4.69) is 14.7 Å². The van der Waals surface area contributed by atoms with Gasteiger partial charge in [-0.2, -0.15) is 4.98 Å². The van der Waals surface area contributed by atoms with Gasteiger partial charge in [0.1, 0.15) is 23.3 Å². The molecule has 0 amide bonds. The second-order valence-corrected chi connectivity index (χ2v) is 13.0. The minimum atomic E-state index is -4.15. The first-order chi connectivity index (χ1) is 20.4. The minimum Gasteiger partial charge on any atom is -0.497 e. The van der Waals surface area contributed by atoms with Gasteiger partial charge in [0, 0.05) is 19.2 Å². The summed E-state index contributed by atoms with van der Waals surface area (Å²) in [6.07, 6.45) is -1.12. The SMILES string of the molecule is COc1ccc(Cl)c(Oc2c(COCC(O)CO)nc(N3CCOCC3)nc2NS(=O)(=O)c2ccc(C(C)(C)C)cc2)c1. The van der Waals surface area contributed by atoms with Crippen LogP contribution in [0.1, 0.15) is 32.0 Å². The molecule has 1 saturated heterocycles. The first-order valence-corrected chi connectivity index (χ1v) is 15.5. The maximum Gasteiger partial charge on any atom is 0.263 e. The second kappa shape index (κ2) is 14.1. The van der Waals surface area contributed by atoms with E-state index in [0.29, 0.717) is 32.1 Å². The summed E-state index contributed by atoms with van der Waals surface area (Å²) in [5.41, 5.74) is 0.996. The molecule has 0 aliphatic carbocycles. The van der Waals surface area contributed by atoms with Crippen LogP contribution in [-0.2, 0) is 31.5 Å². The maximum atomic E-state index is 13.7. The normalized spacial score (nSPS) is 14.8. The van der Waals surface area contributed by atoms with Crippen LogP contribution in [0.3, 0.4) is 0 Å². The topological polar surface area (TPSA) is 153 Å². The molecule has 1 unspecified atom stereocenters. The molecule has 1 fully saturated rings. The number of hydrogen-bond donors (Lipinski definition) is 3. The molecule has 0 bridgehead atoms. The molecule has 1 aliphatic rings. The Balaban J connectivity index is 1.81. The Morgan fingerprint density at radius 1 is 1.12 bits per heavy atom. The number of ether oxygens (including phenoxy) is 4. The number of rotatable bonds is 12. The van der Waals surface area contributed by atoms with Crippen LogP contribution >= 0.6 is 11.6 Å². The van der Waals surface area contributed by atoms with Gasteiger partial charge in [0.2, 0.25) is 5.95 Å². The van der Waals surface area contributed by atoms with E-state index in [1.54, 1.807) is 30.3 Å². The van der Waals surface area contributed by atoms with Crippen molar-refractivity contribution in [3.05, 3.63) is 58.7 Å². The van der Waals surface area contributed by atoms with Crippen molar-refractivity contribution in [2.45, 2.75) is 43.8 Å². The number of nitrogens with one attached hydrogen (secondary N) is 1. The molecule has 1 atom stereocenters. The summed E-state index contributed by atoms with van der Waals surface area (Å²) < 4.78 is 52.5. The third-order valence-electron chi connectivity index (χ3n) is 6.59. The van der Waals surface area contributed by atoms with Crippen molar-refractivity contribution in [1.29, 1.82) is 0 Å².